The third-order valence-electron chi connectivity index (χ3n) is 5.65. The first-order valence-corrected chi connectivity index (χ1v) is 9.87. The lowest BCUT2D eigenvalue weighted by molar-refractivity contribution is 0.0598. The van der Waals surface area contributed by atoms with Gasteiger partial charge in [-0.3, -0.25) is 0 Å². The van der Waals surface area contributed by atoms with Crippen molar-refractivity contribution in [2.45, 2.75) is 38.0 Å². The normalized spacial score (nSPS) is 18.5. The van der Waals surface area contributed by atoms with Gasteiger partial charge in [0.25, 0.3) is 0 Å². The van der Waals surface area contributed by atoms with Gasteiger partial charge in [0.05, 0.1) is 37.9 Å². The van der Waals surface area contributed by atoms with Crippen LogP contribution in [0.5, 0.6) is 0 Å². The second-order valence-corrected chi connectivity index (χ2v) is 7.30. The Morgan fingerprint density at radius 2 is 1.89 bits per heavy atom. The molecule has 2 aliphatic rings. The summed E-state index contributed by atoms with van der Waals surface area (Å²) in [6, 6.07) is 8.40. The van der Waals surface area contributed by atoms with E-state index in [9.17, 15) is 4.79 Å². The molecule has 1 aromatic heterocycles. The number of esters is 1. The van der Waals surface area contributed by atoms with Crippen molar-refractivity contribution in [3.05, 3.63) is 41.7 Å². The van der Waals surface area contributed by atoms with Crippen LogP contribution in [0.25, 0.3) is 5.69 Å². The van der Waals surface area contributed by atoms with E-state index in [1.807, 2.05) is 4.68 Å². The summed E-state index contributed by atoms with van der Waals surface area (Å²) in [6.45, 7) is 3.30. The molecule has 1 saturated carbocycles. The fraction of sp³-hybridized carbons (Fsp3) is 0.524. The Hall–Kier alpha value is -2.34. The van der Waals surface area contributed by atoms with E-state index in [-0.39, 0.29) is 5.97 Å². The number of rotatable bonds is 4. The zero-order chi connectivity index (χ0) is 18.6. The summed E-state index contributed by atoms with van der Waals surface area (Å²) in [7, 11) is 1.43. The SMILES string of the molecule is COC(=O)c1cnn(-c2cccc(N3CCOCC3)c2)c1C1CCCCC1. The molecule has 0 bridgehead atoms. The molecule has 2 heterocycles. The van der Waals surface area contributed by atoms with Crippen LogP contribution in [0.3, 0.4) is 0 Å². The van der Waals surface area contributed by atoms with Crippen LogP contribution in [0.15, 0.2) is 30.5 Å². The predicted molar refractivity (Wildman–Crippen MR) is 104 cm³/mol. The maximum atomic E-state index is 12.3. The van der Waals surface area contributed by atoms with Gasteiger partial charge in [0.2, 0.25) is 0 Å². The molecule has 1 aliphatic carbocycles. The quantitative estimate of drug-likeness (QED) is 0.772. The minimum Gasteiger partial charge on any atom is -0.465 e. The third-order valence-corrected chi connectivity index (χ3v) is 5.65. The van der Waals surface area contributed by atoms with Crippen molar-refractivity contribution in [1.82, 2.24) is 9.78 Å². The van der Waals surface area contributed by atoms with E-state index < -0.39 is 0 Å². The lowest BCUT2D eigenvalue weighted by Gasteiger charge is -2.29. The number of nitrogens with zero attached hydrogens (tertiary/aromatic N) is 3. The molecule has 0 atom stereocenters. The number of hydrogen-bond donors (Lipinski definition) is 0. The van der Waals surface area contributed by atoms with Gasteiger partial charge in [0, 0.05) is 24.7 Å². The lowest BCUT2D eigenvalue weighted by Crippen LogP contribution is -2.36. The number of anilines is 1. The van der Waals surface area contributed by atoms with E-state index >= 15 is 0 Å². The van der Waals surface area contributed by atoms with Crippen LogP contribution in [0.2, 0.25) is 0 Å². The van der Waals surface area contributed by atoms with E-state index in [2.05, 4.69) is 34.3 Å². The maximum Gasteiger partial charge on any atom is 0.341 e. The van der Waals surface area contributed by atoms with Gasteiger partial charge in [-0.25, -0.2) is 9.48 Å². The van der Waals surface area contributed by atoms with Crippen LogP contribution in [0, 0.1) is 0 Å². The number of carbonyl (C=O) groups excluding carboxylic acids is 1. The fourth-order valence-corrected chi connectivity index (χ4v) is 4.24. The Bertz CT molecular complexity index is 790. The fourth-order valence-electron chi connectivity index (χ4n) is 4.24. The van der Waals surface area contributed by atoms with E-state index in [1.54, 1.807) is 6.20 Å². The molecular weight excluding hydrogens is 342 g/mol. The average molecular weight is 369 g/mol. The number of benzene rings is 1. The van der Waals surface area contributed by atoms with Gasteiger partial charge < -0.3 is 14.4 Å². The van der Waals surface area contributed by atoms with Gasteiger partial charge in [-0.15, -0.1) is 0 Å². The van der Waals surface area contributed by atoms with Gasteiger partial charge in [-0.1, -0.05) is 25.3 Å². The summed E-state index contributed by atoms with van der Waals surface area (Å²) in [5.41, 5.74) is 3.76. The Labute approximate surface area is 160 Å². The van der Waals surface area contributed by atoms with E-state index in [0.29, 0.717) is 11.5 Å². The highest BCUT2D eigenvalue weighted by Gasteiger charge is 2.27. The molecule has 6 heteroatoms. The minimum atomic E-state index is -0.300. The van der Waals surface area contributed by atoms with Crippen molar-refractivity contribution in [3.8, 4) is 5.69 Å². The molecule has 1 aliphatic heterocycles. The zero-order valence-corrected chi connectivity index (χ0v) is 15.9. The summed E-state index contributed by atoms with van der Waals surface area (Å²) in [6.07, 6.45) is 7.52. The highest BCUT2D eigenvalue weighted by Crippen LogP contribution is 2.36. The van der Waals surface area contributed by atoms with Gasteiger partial charge >= 0.3 is 5.97 Å². The molecular formula is C21H27N3O3. The number of hydrogen-bond acceptors (Lipinski definition) is 5. The monoisotopic (exact) mass is 369 g/mol. The van der Waals surface area contributed by atoms with Crippen molar-refractivity contribution in [3.63, 3.8) is 0 Å². The Morgan fingerprint density at radius 3 is 2.63 bits per heavy atom. The Morgan fingerprint density at radius 1 is 1.15 bits per heavy atom. The van der Waals surface area contributed by atoms with Crippen LogP contribution in [0.1, 0.15) is 54.1 Å². The molecule has 27 heavy (non-hydrogen) atoms. The lowest BCUT2D eigenvalue weighted by atomic mass is 9.85. The van der Waals surface area contributed by atoms with Gasteiger partial charge in [-0.2, -0.15) is 5.10 Å². The van der Waals surface area contributed by atoms with E-state index in [1.165, 1.54) is 32.1 Å². The van der Waals surface area contributed by atoms with Crippen LogP contribution in [-0.2, 0) is 9.47 Å². The minimum absolute atomic E-state index is 0.300. The first-order valence-electron chi connectivity index (χ1n) is 9.87. The van der Waals surface area contributed by atoms with Gasteiger partial charge in [0.15, 0.2) is 0 Å². The van der Waals surface area contributed by atoms with Crippen LogP contribution in [-0.4, -0.2) is 49.2 Å². The molecule has 6 nitrogen and oxygen atoms in total. The van der Waals surface area contributed by atoms with Crippen molar-refractivity contribution in [1.29, 1.82) is 0 Å². The molecule has 0 N–H and O–H groups in total. The highest BCUT2D eigenvalue weighted by molar-refractivity contribution is 5.90. The largest absolute Gasteiger partial charge is 0.465 e. The van der Waals surface area contributed by atoms with Crippen molar-refractivity contribution >= 4 is 11.7 Å². The number of aromatic nitrogens is 2. The molecule has 0 spiro atoms. The number of morpholine rings is 1. The first kappa shape index (κ1) is 18.0. The topological polar surface area (TPSA) is 56.6 Å². The second-order valence-electron chi connectivity index (χ2n) is 7.30. The average Bonchev–Trinajstić information content (AvgIpc) is 3.20. The third kappa shape index (κ3) is 3.72. The van der Waals surface area contributed by atoms with E-state index in [4.69, 9.17) is 9.47 Å². The Kier molecular flexibility index (Phi) is 5.43. The second kappa shape index (κ2) is 8.13. The molecule has 1 aromatic carbocycles. The predicted octanol–water partition coefficient (Wildman–Crippen LogP) is 3.54. The van der Waals surface area contributed by atoms with E-state index in [0.717, 1.165) is 50.5 Å². The molecule has 0 amide bonds. The summed E-state index contributed by atoms with van der Waals surface area (Å²) >= 11 is 0. The molecule has 2 fully saturated rings. The molecule has 0 unspecified atom stereocenters. The summed E-state index contributed by atoms with van der Waals surface area (Å²) in [4.78, 5) is 14.7. The number of ether oxygens (including phenoxy) is 2. The molecule has 144 valence electrons. The molecule has 2 aromatic rings. The van der Waals surface area contributed by atoms with Gasteiger partial charge in [-0.05, 0) is 31.0 Å². The standard InChI is InChI=1S/C21H27N3O3/c1-26-21(25)19-15-22-24(20(19)16-6-3-2-4-7-16)18-9-5-8-17(14-18)23-10-12-27-13-11-23/h5,8-9,14-16H,2-4,6-7,10-13H2,1H3. The number of methoxy groups -OCH3 is 1. The molecule has 4 rings (SSSR count). The summed E-state index contributed by atoms with van der Waals surface area (Å²) in [5.74, 6) is 0.0496. The first-order chi connectivity index (χ1) is 13.3. The van der Waals surface area contributed by atoms with Crippen LogP contribution >= 0.6 is 0 Å². The van der Waals surface area contributed by atoms with Crippen LogP contribution in [0.4, 0.5) is 5.69 Å². The van der Waals surface area contributed by atoms with Crippen molar-refractivity contribution < 1.29 is 14.3 Å². The van der Waals surface area contributed by atoms with Crippen molar-refractivity contribution in [2.24, 2.45) is 0 Å². The summed E-state index contributed by atoms with van der Waals surface area (Å²) in [5, 5.41) is 4.59. The van der Waals surface area contributed by atoms with Crippen LogP contribution < -0.4 is 4.90 Å². The van der Waals surface area contributed by atoms with Crippen molar-refractivity contribution in [2.75, 3.05) is 38.3 Å². The molecule has 1 saturated heterocycles. The molecule has 0 radical (unpaired) electrons. The smallest absolute Gasteiger partial charge is 0.341 e. The summed E-state index contributed by atoms with van der Waals surface area (Å²) < 4.78 is 12.4. The zero-order valence-electron chi connectivity index (χ0n) is 15.9. The highest BCUT2D eigenvalue weighted by atomic mass is 16.5. The number of carbonyl (C=O) groups is 1. The maximum absolute atomic E-state index is 12.3. The Balaban J connectivity index is 1.72. The van der Waals surface area contributed by atoms with Gasteiger partial charge in [0.1, 0.15) is 5.56 Å².